The third-order valence-corrected chi connectivity index (χ3v) is 2.38. The molecule has 0 heterocycles. The first-order valence-electron chi connectivity index (χ1n) is 4.42. The summed E-state index contributed by atoms with van der Waals surface area (Å²) in [7, 11) is 1.13. The summed E-state index contributed by atoms with van der Waals surface area (Å²) >= 11 is 5.48. The normalized spacial score (nSPS) is 11.1. The van der Waals surface area contributed by atoms with E-state index in [1.165, 1.54) is 0 Å². The minimum atomic E-state index is -4.58. The molecule has 6 heteroatoms. The van der Waals surface area contributed by atoms with Gasteiger partial charge in [0.25, 0.3) is 0 Å². The number of carbonyl (C=O) groups excluding carboxylic acids is 1. The smallest absolute Gasteiger partial charge is 0.417 e. The molecular weight excluding hydrogens is 257 g/mol. The van der Waals surface area contributed by atoms with Gasteiger partial charge in [-0.05, 0) is 17.7 Å². The number of rotatable bonds is 2. The zero-order valence-corrected chi connectivity index (χ0v) is 9.52. The van der Waals surface area contributed by atoms with Crippen molar-refractivity contribution >= 4 is 23.6 Å². The molecule has 0 bridgehead atoms. The maximum Gasteiger partial charge on any atom is 0.417 e. The summed E-state index contributed by atoms with van der Waals surface area (Å²) in [5, 5.41) is -0.552. The molecule has 0 saturated carbocycles. The highest BCUT2D eigenvalue weighted by Crippen LogP contribution is 2.36. The summed E-state index contributed by atoms with van der Waals surface area (Å²) in [6.07, 6.45) is -3.44. The van der Waals surface area contributed by atoms with Gasteiger partial charge in [-0.25, -0.2) is 4.79 Å². The van der Waals surface area contributed by atoms with E-state index in [1.807, 2.05) is 0 Å². The average molecular weight is 265 g/mol. The summed E-state index contributed by atoms with van der Waals surface area (Å²) < 4.78 is 42.1. The first kappa shape index (κ1) is 13.6. The van der Waals surface area contributed by atoms with E-state index in [9.17, 15) is 18.0 Å². The Morgan fingerprint density at radius 2 is 2.06 bits per heavy atom. The van der Waals surface area contributed by atoms with Gasteiger partial charge in [-0.1, -0.05) is 24.3 Å². The number of esters is 1. The zero-order valence-electron chi connectivity index (χ0n) is 8.77. The number of hydrogen-bond donors (Lipinski definition) is 0. The van der Waals surface area contributed by atoms with Crippen molar-refractivity contribution in [2.75, 3.05) is 7.11 Å². The third-order valence-electron chi connectivity index (χ3n) is 2.07. The molecule has 0 aromatic heterocycles. The maximum absolute atomic E-state index is 12.5. The van der Waals surface area contributed by atoms with Gasteiger partial charge in [-0.3, -0.25) is 0 Å². The van der Waals surface area contributed by atoms with Crippen LogP contribution in [-0.4, -0.2) is 13.1 Å². The number of alkyl halides is 3. The third kappa shape index (κ3) is 2.79. The fourth-order valence-corrected chi connectivity index (χ4v) is 1.53. The van der Waals surface area contributed by atoms with E-state index in [4.69, 9.17) is 11.6 Å². The van der Waals surface area contributed by atoms with Crippen molar-refractivity contribution in [3.8, 4) is 0 Å². The second-order valence-electron chi connectivity index (χ2n) is 3.11. The fraction of sp³-hybridized carbons (Fsp3) is 0.182. The monoisotopic (exact) mass is 264 g/mol. The summed E-state index contributed by atoms with van der Waals surface area (Å²) in [5.74, 6) is -0.768. The highest BCUT2D eigenvalue weighted by Gasteiger charge is 2.34. The Bertz CT molecular complexity index is 467. The molecule has 17 heavy (non-hydrogen) atoms. The van der Waals surface area contributed by atoms with Crippen molar-refractivity contribution in [3.05, 3.63) is 40.4 Å². The van der Waals surface area contributed by atoms with Crippen LogP contribution in [0.5, 0.6) is 0 Å². The highest BCUT2D eigenvalue weighted by atomic mass is 35.5. The Kier molecular flexibility index (Phi) is 3.83. The lowest BCUT2D eigenvalue weighted by molar-refractivity contribution is -0.137. The van der Waals surface area contributed by atoms with Gasteiger partial charge in [-0.2, -0.15) is 13.2 Å². The van der Waals surface area contributed by atoms with Crippen LogP contribution in [0.15, 0.2) is 18.7 Å². The van der Waals surface area contributed by atoms with Crippen LogP contribution in [0.1, 0.15) is 21.5 Å². The molecule has 0 saturated heterocycles. The van der Waals surface area contributed by atoms with Gasteiger partial charge in [0.2, 0.25) is 0 Å². The molecule has 0 fully saturated rings. The largest absolute Gasteiger partial charge is 0.465 e. The first-order valence-corrected chi connectivity index (χ1v) is 4.80. The van der Waals surface area contributed by atoms with Crippen LogP contribution in [0, 0.1) is 0 Å². The van der Waals surface area contributed by atoms with Gasteiger partial charge in [0.15, 0.2) is 0 Å². The highest BCUT2D eigenvalue weighted by molar-refractivity contribution is 6.31. The molecule has 0 unspecified atom stereocenters. The van der Waals surface area contributed by atoms with E-state index in [-0.39, 0.29) is 11.1 Å². The Balaban J connectivity index is 3.45. The molecule has 1 aromatic carbocycles. The Morgan fingerprint density at radius 3 is 2.47 bits per heavy atom. The van der Waals surface area contributed by atoms with Crippen LogP contribution in [0.3, 0.4) is 0 Å². The molecule has 0 aliphatic heterocycles. The van der Waals surface area contributed by atoms with Crippen LogP contribution >= 0.6 is 11.6 Å². The van der Waals surface area contributed by atoms with Gasteiger partial charge in [0.05, 0.1) is 23.3 Å². The number of halogens is 4. The minimum absolute atomic E-state index is 0.0218. The lowest BCUT2D eigenvalue weighted by atomic mass is 10.0. The van der Waals surface area contributed by atoms with Crippen LogP contribution in [0.2, 0.25) is 5.02 Å². The van der Waals surface area contributed by atoms with Crippen molar-refractivity contribution in [2.24, 2.45) is 0 Å². The second kappa shape index (κ2) is 4.79. The van der Waals surface area contributed by atoms with Crippen molar-refractivity contribution in [2.45, 2.75) is 6.18 Å². The number of ether oxygens (including phenoxy) is 1. The standard InChI is InChI=1S/C11H8ClF3O2/c1-3-6-4-8(11(13,14)15)9(12)5-7(6)10(16)17-2/h3-5H,1H2,2H3. The van der Waals surface area contributed by atoms with Crippen molar-refractivity contribution < 1.29 is 22.7 Å². The summed E-state index contributed by atoms with van der Waals surface area (Å²) in [5.41, 5.74) is -1.05. The molecule has 0 radical (unpaired) electrons. The number of methoxy groups -OCH3 is 1. The molecule has 1 rings (SSSR count). The van der Waals surface area contributed by atoms with Gasteiger partial charge >= 0.3 is 12.1 Å². The van der Waals surface area contributed by atoms with Crippen molar-refractivity contribution in [1.29, 1.82) is 0 Å². The van der Waals surface area contributed by atoms with E-state index in [1.54, 1.807) is 0 Å². The topological polar surface area (TPSA) is 26.3 Å². The molecule has 92 valence electrons. The fourth-order valence-electron chi connectivity index (χ4n) is 1.26. The van der Waals surface area contributed by atoms with Crippen LogP contribution in [0.4, 0.5) is 13.2 Å². The number of hydrogen-bond acceptors (Lipinski definition) is 2. The average Bonchev–Trinajstić information content (AvgIpc) is 2.26. The first-order chi connectivity index (χ1) is 7.81. The van der Waals surface area contributed by atoms with Gasteiger partial charge in [-0.15, -0.1) is 0 Å². The van der Waals surface area contributed by atoms with Crippen LogP contribution in [-0.2, 0) is 10.9 Å². The maximum atomic E-state index is 12.5. The van der Waals surface area contributed by atoms with Crippen molar-refractivity contribution in [1.82, 2.24) is 0 Å². The quantitative estimate of drug-likeness (QED) is 0.760. The lowest BCUT2D eigenvalue weighted by Gasteiger charge is -2.12. The summed E-state index contributed by atoms with van der Waals surface area (Å²) in [4.78, 5) is 11.3. The second-order valence-corrected chi connectivity index (χ2v) is 3.52. The van der Waals surface area contributed by atoms with Crippen LogP contribution in [0.25, 0.3) is 6.08 Å². The van der Waals surface area contributed by atoms with Gasteiger partial charge in [0.1, 0.15) is 0 Å². The number of benzene rings is 1. The molecular formula is C11H8ClF3O2. The molecule has 1 aromatic rings. The number of carbonyl (C=O) groups is 1. The van der Waals surface area contributed by atoms with E-state index >= 15 is 0 Å². The summed E-state index contributed by atoms with van der Waals surface area (Å²) in [6.45, 7) is 3.34. The predicted octanol–water partition coefficient (Wildman–Crippen LogP) is 3.79. The Hall–Kier alpha value is -1.49. The SMILES string of the molecule is C=Cc1cc(C(F)(F)F)c(Cl)cc1C(=O)OC. The Labute approximate surface area is 101 Å². The molecule has 2 nitrogen and oxygen atoms in total. The zero-order chi connectivity index (χ0) is 13.2. The molecule has 0 aliphatic carbocycles. The van der Waals surface area contributed by atoms with E-state index in [0.717, 1.165) is 25.3 Å². The van der Waals surface area contributed by atoms with E-state index < -0.39 is 22.7 Å². The molecule has 0 spiro atoms. The molecule has 0 atom stereocenters. The van der Waals surface area contributed by atoms with Crippen LogP contribution < -0.4 is 0 Å². The molecule has 0 N–H and O–H groups in total. The predicted molar refractivity (Wildman–Crippen MR) is 57.9 cm³/mol. The molecule has 0 amide bonds. The molecule has 0 aliphatic rings. The van der Waals surface area contributed by atoms with E-state index in [0.29, 0.717) is 0 Å². The van der Waals surface area contributed by atoms with E-state index in [2.05, 4.69) is 11.3 Å². The van der Waals surface area contributed by atoms with Gasteiger partial charge < -0.3 is 4.74 Å². The summed E-state index contributed by atoms with van der Waals surface area (Å²) in [6, 6.07) is 1.69. The minimum Gasteiger partial charge on any atom is -0.465 e. The van der Waals surface area contributed by atoms with Crippen molar-refractivity contribution in [3.63, 3.8) is 0 Å². The lowest BCUT2D eigenvalue weighted by Crippen LogP contribution is -2.10. The Morgan fingerprint density at radius 1 is 1.47 bits per heavy atom. The van der Waals surface area contributed by atoms with Gasteiger partial charge in [0, 0.05) is 0 Å².